The molecule has 0 N–H and O–H groups in total. The molecule has 0 aromatic heterocycles. The zero-order valence-corrected chi connectivity index (χ0v) is 14.5. The standard InChI is InChI=1S/C12H15F2NO5S3/c13-12(14,23(16,17)15-9-5-2-6-10-15)22-20-18-19-21-11-7-3-1-4-8-11/h1,3-4,7-8H,2,5-6,9-10H2/p+1. The number of piperidine rings is 1. The molecule has 2 rings (SSSR count). The van der Waals surface area contributed by atoms with Gasteiger partial charge in [0.1, 0.15) is 0 Å². The van der Waals surface area contributed by atoms with E-state index in [9.17, 15) is 17.2 Å². The quantitative estimate of drug-likeness (QED) is 0.170. The Morgan fingerprint density at radius 3 is 2.43 bits per heavy atom. The average molecular weight is 388 g/mol. The van der Waals surface area contributed by atoms with E-state index in [1.165, 1.54) is 0 Å². The molecule has 130 valence electrons. The minimum Gasteiger partial charge on any atom is -0.200 e. The summed E-state index contributed by atoms with van der Waals surface area (Å²) in [5.74, 6) is 0. The summed E-state index contributed by atoms with van der Waals surface area (Å²) < 4.78 is 56.8. The van der Waals surface area contributed by atoms with E-state index < -0.39 is 26.7 Å². The summed E-state index contributed by atoms with van der Waals surface area (Å²) in [7, 11) is -4.78. The zero-order valence-electron chi connectivity index (χ0n) is 11.9. The van der Waals surface area contributed by atoms with Crippen molar-refractivity contribution in [3.8, 4) is 0 Å². The Morgan fingerprint density at radius 2 is 1.78 bits per heavy atom. The number of sulfonamides is 1. The van der Waals surface area contributed by atoms with Crippen LogP contribution in [0.5, 0.6) is 0 Å². The van der Waals surface area contributed by atoms with E-state index in [0.29, 0.717) is 17.7 Å². The molecule has 0 spiro atoms. The van der Waals surface area contributed by atoms with Gasteiger partial charge in [-0.15, -0.1) is 13.1 Å². The van der Waals surface area contributed by atoms with Crippen LogP contribution in [0.3, 0.4) is 0 Å². The number of hydrogen-bond acceptors (Lipinski definition) is 6. The predicted molar refractivity (Wildman–Crippen MR) is 83.6 cm³/mol. The van der Waals surface area contributed by atoms with Crippen LogP contribution in [0.15, 0.2) is 35.2 Å². The summed E-state index contributed by atoms with van der Waals surface area (Å²) >= 11 is -0.415. The molecule has 1 aromatic carbocycles. The molecule has 1 aliphatic heterocycles. The van der Waals surface area contributed by atoms with E-state index in [2.05, 4.69) is 13.7 Å². The lowest BCUT2D eigenvalue weighted by atomic mass is 10.2. The molecule has 23 heavy (non-hydrogen) atoms. The zero-order chi connectivity index (χ0) is 16.8. The Morgan fingerprint density at radius 1 is 1.13 bits per heavy atom. The van der Waals surface area contributed by atoms with Crippen LogP contribution in [0, 0.1) is 0 Å². The molecule has 0 amide bonds. The molecule has 0 bridgehead atoms. The average Bonchev–Trinajstić information content (AvgIpc) is 2.56. The number of thiol groups is 1. The van der Waals surface area contributed by atoms with Crippen molar-refractivity contribution in [2.75, 3.05) is 13.1 Å². The molecule has 1 heterocycles. The summed E-state index contributed by atoms with van der Waals surface area (Å²) in [4.78, 5) is 0.667. The second-order valence-electron chi connectivity index (χ2n) is 4.65. The third-order valence-electron chi connectivity index (χ3n) is 3.04. The topological polar surface area (TPSA) is 65.1 Å². The van der Waals surface area contributed by atoms with E-state index in [1.54, 1.807) is 30.3 Å². The third kappa shape index (κ3) is 5.28. The number of alkyl halides is 2. The summed E-state index contributed by atoms with van der Waals surface area (Å²) in [5, 5.41) is 4.14. The Bertz CT molecular complexity index is 582. The monoisotopic (exact) mass is 388 g/mol. The first-order chi connectivity index (χ1) is 10.9. The largest absolute Gasteiger partial charge is 0.561 e. The summed E-state index contributed by atoms with van der Waals surface area (Å²) in [6.07, 6.45) is 1.97. The maximum atomic E-state index is 13.8. The highest BCUT2D eigenvalue weighted by molar-refractivity contribution is 8.01. The number of hydrogen-bond donors (Lipinski definition) is 0. The van der Waals surface area contributed by atoms with Gasteiger partial charge >= 0.3 is 14.6 Å². The molecule has 1 saturated heterocycles. The van der Waals surface area contributed by atoms with Crippen LogP contribution in [-0.2, 0) is 35.8 Å². The van der Waals surface area contributed by atoms with Gasteiger partial charge in [-0.05, 0) is 30.0 Å². The summed E-state index contributed by atoms with van der Waals surface area (Å²) in [6, 6.07) is 8.72. The van der Waals surface area contributed by atoms with Gasteiger partial charge in [0.25, 0.3) is 12.0 Å². The molecular weight excluding hydrogens is 372 g/mol. The smallest absolute Gasteiger partial charge is 0.200 e. The van der Waals surface area contributed by atoms with Crippen molar-refractivity contribution in [1.82, 2.24) is 4.31 Å². The first-order valence-electron chi connectivity index (χ1n) is 6.75. The molecular formula is C12H16F2NO5S3+. The molecule has 6 nitrogen and oxygen atoms in total. The molecule has 0 radical (unpaired) electrons. The van der Waals surface area contributed by atoms with Gasteiger partial charge in [0.15, 0.2) is 0 Å². The Labute approximate surface area is 141 Å². The van der Waals surface area contributed by atoms with Crippen LogP contribution in [0.2, 0.25) is 0 Å². The summed E-state index contributed by atoms with van der Waals surface area (Å²) in [5.41, 5.74) is 0. The van der Waals surface area contributed by atoms with Gasteiger partial charge in [-0.25, -0.2) is 8.42 Å². The van der Waals surface area contributed by atoms with Crippen LogP contribution in [-0.4, -0.2) is 30.4 Å². The maximum absolute atomic E-state index is 13.8. The highest BCUT2D eigenvalue weighted by atomic mass is 32.3. The van der Waals surface area contributed by atoms with Crippen molar-refractivity contribution in [2.24, 2.45) is 0 Å². The van der Waals surface area contributed by atoms with Gasteiger partial charge in [0.2, 0.25) is 0 Å². The molecule has 0 aliphatic carbocycles. The molecule has 0 saturated carbocycles. The Kier molecular flexibility index (Phi) is 7.07. The second kappa shape index (κ2) is 8.60. The van der Waals surface area contributed by atoms with E-state index in [-0.39, 0.29) is 13.1 Å². The number of rotatable bonds is 8. The van der Waals surface area contributed by atoms with Crippen LogP contribution < -0.4 is 0 Å². The van der Waals surface area contributed by atoms with Crippen LogP contribution in [0.1, 0.15) is 19.3 Å². The van der Waals surface area contributed by atoms with Crippen LogP contribution in [0.4, 0.5) is 8.78 Å². The van der Waals surface area contributed by atoms with Gasteiger partial charge in [-0.1, -0.05) is 24.6 Å². The lowest BCUT2D eigenvalue weighted by molar-refractivity contribution is -0.398. The SMILES string of the molecule is O=S(=O)(N1CCCCC1)C(F)(F)[SH+]OOOSc1ccccc1. The minimum atomic E-state index is -4.78. The first kappa shape index (κ1) is 18.9. The van der Waals surface area contributed by atoms with Crippen molar-refractivity contribution in [3.05, 3.63) is 30.3 Å². The van der Waals surface area contributed by atoms with Crippen molar-refractivity contribution >= 4 is 34.1 Å². The Hall–Kier alpha value is -0.430. The Balaban J connectivity index is 1.76. The van der Waals surface area contributed by atoms with Crippen molar-refractivity contribution < 1.29 is 30.9 Å². The first-order valence-corrected chi connectivity index (χ1v) is 9.75. The number of nitrogens with zero attached hydrogens (tertiary/aromatic N) is 1. The molecule has 0 atom stereocenters. The van der Waals surface area contributed by atoms with Gasteiger partial charge in [0, 0.05) is 22.3 Å². The van der Waals surface area contributed by atoms with Crippen LogP contribution in [0.25, 0.3) is 0 Å². The van der Waals surface area contributed by atoms with E-state index >= 15 is 0 Å². The highest BCUT2D eigenvalue weighted by Gasteiger charge is 2.59. The lowest BCUT2D eigenvalue weighted by Gasteiger charge is -2.25. The van der Waals surface area contributed by atoms with Crippen molar-refractivity contribution in [1.29, 1.82) is 0 Å². The minimum absolute atomic E-state index is 0.0919. The normalized spacial score (nSPS) is 17.3. The highest BCUT2D eigenvalue weighted by Crippen LogP contribution is 2.30. The third-order valence-corrected chi connectivity index (χ3v) is 6.56. The van der Waals surface area contributed by atoms with E-state index in [1.807, 2.05) is 0 Å². The molecule has 0 unspecified atom stereocenters. The predicted octanol–water partition coefficient (Wildman–Crippen LogP) is 2.67. The fourth-order valence-corrected chi connectivity index (χ4v) is 4.36. The van der Waals surface area contributed by atoms with E-state index in [4.69, 9.17) is 0 Å². The van der Waals surface area contributed by atoms with Crippen molar-refractivity contribution in [2.45, 2.75) is 28.7 Å². The summed E-state index contributed by atoms with van der Waals surface area (Å²) in [6.45, 7) is 0.184. The molecule has 1 fully saturated rings. The maximum Gasteiger partial charge on any atom is 0.561 e. The van der Waals surface area contributed by atoms with Gasteiger partial charge in [-0.2, -0.15) is 4.31 Å². The second-order valence-corrected chi connectivity index (χ2v) is 8.60. The fourth-order valence-electron chi connectivity index (χ4n) is 1.91. The number of benzene rings is 1. The number of halogens is 2. The molecule has 1 aliphatic rings. The van der Waals surface area contributed by atoms with Crippen LogP contribution >= 0.6 is 12.0 Å². The van der Waals surface area contributed by atoms with Gasteiger partial charge < -0.3 is 0 Å². The van der Waals surface area contributed by atoms with Crippen molar-refractivity contribution in [3.63, 3.8) is 0 Å². The molecule has 11 heteroatoms. The van der Waals surface area contributed by atoms with E-state index in [0.717, 1.165) is 22.8 Å². The van der Waals surface area contributed by atoms with Gasteiger partial charge in [-0.3, -0.25) is 0 Å². The molecule has 1 aromatic rings. The van der Waals surface area contributed by atoms with Gasteiger partial charge in [0.05, 0.1) is 12.0 Å². The fraction of sp³-hybridized carbons (Fsp3) is 0.500. The lowest BCUT2D eigenvalue weighted by Crippen LogP contribution is -2.46.